The standard InChI is InChI=1S/C22H16FNO4S/c1-28-16-8-2-5-13(11-16)19-18(20(25)17-9-4-10-29-17)21(26)22(27)24(19)15-7-3-6-14(23)12-15/h2-12,19,26H,1H3. The predicted octanol–water partition coefficient (Wildman–Crippen LogP) is 4.68. The number of carbonyl (C=O) groups is 2. The van der Waals surface area contributed by atoms with Crippen molar-refractivity contribution < 1.29 is 23.8 Å². The van der Waals surface area contributed by atoms with E-state index >= 15 is 0 Å². The topological polar surface area (TPSA) is 66.8 Å². The number of ether oxygens (including phenoxy) is 1. The highest BCUT2D eigenvalue weighted by Crippen LogP contribution is 2.43. The SMILES string of the molecule is COc1cccc(C2C(C(=O)c3cccs3)=C(O)C(=O)N2c2cccc(F)c2)c1. The van der Waals surface area contributed by atoms with Gasteiger partial charge in [-0.05, 0) is 47.3 Å². The molecular weight excluding hydrogens is 393 g/mol. The number of benzene rings is 2. The van der Waals surface area contributed by atoms with E-state index in [2.05, 4.69) is 0 Å². The average Bonchev–Trinajstić information content (AvgIpc) is 3.35. The maximum Gasteiger partial charge on any atom is 0.294 e. The number of halogens is 1. The Kier molecular flexibility index (Phi) is 4.90. The Hall–Kier alpha value is -3.45. The Morgan fingerprint density at radius 2 is 1.93 bits per heavy atom. The van der Waals surface area contributed by atoms with Crippen molar-refractivity contribution >= 4 is 28.7 Å². The zero-order chi connectivity index (χ0) is 20.5. The van der Waals surface area contributed by atoms with Crippen molar-refractivity contribution in [3.05, 3.63) is 93.6 Å². The molecule has 0 saturated carbocycles. The Balaban J connectivity index is 1.90. The minimum atomic E-state index is -0.922. The first-order chi connectivity index (χ1) is 14.0. The van der Waals surface area contributed by atoms with Gasteiger partial charge in [0.05, 0.1) is 23.6 Å². The number of thiophene rings is 1. The number of carbonyl (C=O) groups excluding carboxylic acids is 2. The molecule has 0 aliphatic carbocycles. The normalized spacial score (nSPS) is 16.4. The van der Waals surface area contributed by atoms with Gasteiger partial charge in [0.15, 0.2) is 5.76 Å². The molecule has 29 heavy (non-hydrogen) atoms. The molecule has 0 bridgehead atoms. The van der Waals surface area contributed by atoms with E-state index in [1.165, 1.54) is 41.5 Å². The van der Waals surface area contributed by atoms with Crippen molar-refractivity contribution in [3.8, 4) is 5.75 Å². The quantitative estimate of drug-likeness (QED) is 0.622. The van der Waals surface area contributed by atoms with Crippen LogP contribution in [0, 0.1) is 5.82 Å². The van der Waals surface area contributed by atoms with Gasteiger partial charge >= 0.3 is 0 Å². The van der Waals surface area contributed by atoms with E-state index in [0.29, 0.717) is 16.2 Å². The van der Waals surface area contributed by atoms with Crippen LogP contribution in [0.2, 0.25) is 0 Å². The van der Waals surface area contributed by atoms with Crippen LogP contribution in [0.25, 0.3) is 0 Å². The van der Waals surface area contributed by atoms with Crippen LogP contribution in [-0.4, -0.2) is 23.9 Å². The van der Waals surface area contributed by atoms with Crippen molar-refractivity contribution in [1.82, 2.24) is 0 Å². The molecule has 0 fully saturated rings. The van der Waals surface area contributed by atoms with Gasteiger partial charge in [-0.3, -0.25) is 14.5 Å². The van der Waals surface area contributed by atoms with Crippen molar-refractivity contribution in [2.45, 2.75) is 6.04 Å². The number of aliphatic hydroxyl groups is 1. The number of anilines is 1. The summed E-state index contributed by atoms with van der Waals surface area (Å²) >= 11 is 1.22. The number of aliphatic hydroxyl groups excluding tert-OH is 1. The Morgan fingerprint density at radius 1 is 1.14 bits per heavy atom. The largest absolute Gasteiger partial charge is 0.503 e. The second-order valence-electron chi connectivity index (χ2n) is 6.40. The van der Waals surface area contributed by atoms with Crippen molar-refractivity contribution in [2.24, 2.45) is 0 Å². The fourth-order valence-corrected chi connectivity index (χ4v) is 4.07. The van der Waals surface area contributed by atoms with Gasteiger partial charge in [-0.1, -0.05) is 24.3 Å². The smallest absolute Gasteiger partial charge is 0.294 e. The maximum atomic E-state index is 13.9. The lowest BCUT2D eigenvalue weighted by molar-refractivity contribution is -0.117. The summed E-state index contributed by atoms with van der Waals surface area (Å²) in [6, 6.07) is 14.8. The molecule has 1 aromatic heterocycles. The molecule has 1 unspecified atom stereocenters. The van der Waals surface area contributed by atoms with Crippen LogP contribution in [0.4, 0.5) is 10.1 Å². The van der Waals surface area contributed by atoms with Crippen molar-refractivity contribution in [2.75, 3.05) is 12.0 Å². The van der Waals surface area contributed by atoms with Crippen LogP contribution in [0.1, 0.15) is 21.3 Å². The Labute approximate surface area is 170 Å². The van der Waals surface area contributed by atoms with Gasteiger partial charge in [-0.25, -0.2) is 4.39 Å². The first-order valence-corrected chi connectivity index (χ1v) is 9.63. The summed E-state index contributed by atoms with van der Waals surface area (Å²) in [6.45, 7) is 0. The summed E-state index contributed by atoms with van der Waals surface area (Å²) in [5, 5.41) is 12.4. The number of rotatable bonds is 5. The first-order valence-electron chi connectivity index (χ1n) is 8.75. The highest BCUT2D eigenvalue weighted by molar-refractivity contribution is 7.12. The zero-order valence-corrected chi connectivity index (χ0v) is 16.2. The summed E-state index contributed by atoms with van der Waals surface area (Å²) in [6.07, 6.45) is 0. The van der Waals surface area contributed by atoms with Crippen LogP contribution in [0.5, 0.6) is 5.75 Å². The highest BCUT2D eigenvalue weighted by Gasteiger charge is 2.45. The van der Waals surface area contributed by atoms with Crippen molar-refractivity contribution in [1.29, 1.82) is 0 Å². The summed E-state index contributed by atoms with van der Waals surface area (Å²) in [5.74, 6) is -1.85. The highest BCUT2D eigenvalue weighted by atomic mass is 32.1. The van der Waals surface area contributed by atoms with E-state index in [-0.39, 0.29) is 11.3 Å². The fourth-order valence-electron chi connectivity index (χ4n) is 3.40. The van der Waals surface area contributed by atoms with Crippen LogP contribution in [-0.2, 0) is 4.79 Å². The molecule has 5 nitrogen and oxygen atoms in total. The lowest BCUT2D eigenvalue weighted by atomic mass is 9.95. The summed E-state index contributed by atoms with van der Waals surface area (Å²) in [5.41, 5.74) is 0.754. The van der Waals surface area contributed by atoms with Gasteiger partial charge in [0.2, 0.25) is 5.78 Å². The number of hydrogen-bond acceptors (Lipinski definition) is 5. The molecule has 1 amide bonds. The summed E-state index contributed by atoms with van der Waals surface area (Å²) < 4.78 is 19.1. The summed E-state index contributed by atoms with van der Waals surface area (Å²) in [7, 11) is 1.51. The second-order valence-corrected chi connectivity index (χ2v) is 7.35. The van der Waals surface area contributed by atoms with E-state index in [9.17, 15) is 19.1 Å². The number of hydrogen-bond donors (Lipinski definition) is 1. The molecule has 146 valence electrons. The van der Waals surface area contributed by atoms with Crippen LogP contribution >= 0.6 is 11.3 Å². The van der Waals surface area contributed by atoms with E-state index < -0.39 is 29.3 Å². The van der Waals surface area contributed by atoms with Gasteiger partial charge in [0.1, 0.15) is 11.6 Å². The number of Topliss-reactive ketones (excluding diaryl/α,β-unsaturated/α-hetero) is 1. The van der Waals surface area contributed by atoms with E-state index in [1.807, 2.05) is 0 Å². The number of methoxy groups -OCH3 is 1. The first kappa shape index (κ1) is 18.9. The van der Waals surface area contributed by atoms with Crippen molar-refractivity contribution in [3.63, 3.8) is 0 Å². The molecule has 4 rings (SSSR count). The number of amides is 1. The molecule has 2 heterocycles. The minimum absolute atomic E-state index is 0.0463. The molecule has 7 heteroatoms. The third-order valence-corrected chi connectivity index (χ3v) is 5.56. The van der Waals surface area contributed by atoms with Gasteiger partial charge in [0, 0.05) is 5.69 Å². The molecular formula is C22H16FNO4S. The fraction of sp³-hybridized carbons (Fsp3) is 0.0909. The van der Waals surface area contributed by atoms with Gasteiger partial charge in [0.25, 0.3) is 5.91 Å². The average molecular weight is 409 g/mol. The molecule has 0 radical (unpaired) electrons. The molecule has 3 aromatic rings. The second kappa shape index (κ2) is 7.52. The molecule has 1 N–H and O–H groups in total. The van der Waals surface area contributed by atoms with E-state index in [4.69, 9.17) is 4.74 Å². The third kappa shape index (κ3) is 3.30. The predicted molar refractivity (Wildman–Crippen MR) is 108 cm³/mol. The van der Waals surface area contributed by atoms with E-state index in [0.717, 1.165) is 0 Å². The number of nitrogens with zero attached hydrogens (tertiary/aromatic N) is 1. The molecule has 1 atom stereocenters. The Bertz CT molecular complexity index is 1120. The van der Waals surface area contributed by atoms with Gasteiger partial charge < -0.3 is 9.84 Å². The molecule has 2 aromatic carbocycles. The monoisotopic (exact) mass is 409 g/mol. The zero-order valence-electron chi connectivity index (χ0n) is 15.3. The maximum absolute atomic E-state index is 13.9. The lowest BCUT2D eigenvalue weighted by Crippen LogP contribution is -2.31. The lowest BCUT2D eigenvalue weighted by Gasteiger charge is -2.27. The van der Waals surface area contributed by atoms with Crippen LogP contribution in [0.15, 0.2) is 77.4 Å². The van der Waals surface area contributed by atoms with Crippen LogP contribution in [0.3, 0.4) is 0 Å². The van der Waals surface area contributed by atoms with Gasteiger partial charge in [-0.15, -0.1) is 11.3 Å². The molecule has 1 aliphatic rings. The third-order valence-electron chi connectivity index (χ3n) is 4.69. The molecule has 1 aliphatic heterocycles. The summed E-state index contributed by atoms with van der Waals surface area (Å²) in [4.78, 5) is 27.7. The molecule has 0 saturated heterocycles. The Morgan fingerprint density at radius 3 is 2.62 bits per heavy atom. The minimum Gasteiger partial charge on any atom is -0.503 e. The van der Waals surface area contributed by atoms with E-state index in [1.54, 1.807) is 47.8 Å². The van der Waals surface area contributed by atoms with Gasteiger partial charge in [-0.2, -0.15) is 0 Å². The number of ketones is 1. The molecule has 0 spiro atoms. The van der Waals surface area contributed by atoms with Crippen LogP contribution < -0.4 is 9.64 Å².